The molecule has 2 fully saturated rings. The lowest BCUT2D eigenvalue weighted by Crippen LogP contribution is -2.52. The van der Waals surface area contributed by atoms with E-state index < -0.39 is 0 Å². The SMILES string of the molecule is COc1ccc(C)cc1NC(=O)N[C@@H]1CC[C@@]2(c3ccc(OC)c(OC)c3)CCN(C)[C@H]2C1. The zero-order valence-electron chi connectivity index (χ0n) is 20.2. The van der Waals surface area contributed by atoms with Crippen molar-refractivity contribution in [1.29, 1.82) is 0 Å². The van der Waals surface area contributed by atoms with E-state index >= 15 is 0 Å². The minimum Gasteiger partial charge on any atom is -0.495 e. The van der Waals surface area contributed by atoms with Gasteiger partial charge in [-0.3, -0.25) is 0 Å². The number of rotatable bonds is 6. The van der Waals surface area contributed by atoms with Crippen molar-refractivity contribution in [2.75, 3.05) is 40.2 Å². The fourth-order valence-electron chi connectivity index (χ4n) is 5.66. The molecule has 33 heavy (non-hydrogen) atoms. The van der Waals surface area contributed by atoms with Gasteiger partial charge in [0.05, 0.1) is 27.0 Å². The van der Waals surface area contributed by atoms with E-state index in [1.54, 1.807) is 21.3 Å². The Morgan fingerprint density at radius 2 is 1.73 bits per heavy atom. The van der Waals surface area contributed by atoms with E-state index in [1.807, 2.05) is 31.2 Å². The number of hydrogen-bond donors (Lipinski definition) is 2. The summed E-state index contributed by atoms with van der Waals surface area (Å²) in [6.45, 7) is 3.03. The third-order valence-electron chi connectivity index (χ3n) is 7.42. The van der Waals surface area contributed by atoms with Crippen LogP contribution in [0.3, 0.4) is 0 Å². The second-order valence-electron chi connectivity index (χ2n) is 9.25. The number of likely N-dealkylation sites (N-methyl/N-ethyl adjacent to an activating group) is 1. The minimum atomic E-state index is -0.192. The van der Waals surface area contributed by atoms with Crippen LogP contribution in [0.1, 0.15) is 36.8 Å². The molecule has 1 aliphatic heterocycles. The van der Waals surface area contributed by atoms with Crippen LogP contribution >= 0.6 is 0 Å². The average molecular weight is 454 g/mol. The molecule has 0 bridgehead atoms. The Hall–Kier alpha value is -2.93. The molecule has 0 unspecified atom stereocenters. The molecule has 7 nitrogen and oxygen atoms in total. The van der Waals surface area contributed by atoms with Crippen LogP contribution in [-0.4, -0.2) is 57.9 Å². The highest BCUT2D eigenvalue weighted by Crippen LogP contribution is 2.49. The van der Waals surface area contributed by atoms with Crippen molar-refractivity contribution in [3.05, 3.63) is 47.5 Å². The van der Waals surface area contributed by atoms with E-state index in [4.69, 9.17) is 14.2 Å². The summed E-state index contributed by atoms with van der Waals surface area (Å²) in [5.41, 5.74) is 3.10. The molecular weight excluding hydrogens is 418 g/mol. The number of likely N-dealkylation sites (tertiary alicyclic amines) is 1. The third-order valence-corrected chi connectivity index (χ3v) is 7.42. The highest BCUT2D eigenvalue weighted by molar-refractivity contribution is 5.91. The van der Waals surface area contributed by atoms with E-state index in [9.17, 15) is 4.79 Å². The van der Waals surface area contributed by atoms with Gasteiger partial charge in [-0.15, -0.1) is 0 Å². The summed E-state index contributed by atoms with van der Waals surface area (Å²) >= 11 is 0. The summed E-state index contributed by atoms with van der Waals surface area (Å²) in [5, 5.41) is 6.17. The molecule has 7 heteroatoms. The number of carbonyl (C=O) groups excluding carboxylic acids is 1. The van der Waals surface area contributed by atoms with Crippen molar-refractivity contribution in [3.63, 3.8) is 0 Å². The second-order valence-corrected chi connectivity index (χ2v) is 9.25. The number of carbonyl (C=O) groups is 1. The quantitative estimate of drug-likeness (QED) is 0.681. The van der Waals surface area contributed by atoms with Gasteiger partial charge in [-0.1, -0.05) is 12.1 Å². The van der Waals surface area contributed by atoms with Crippen LogP contribution in [-0.2, 0) is 5.41 Å². The van der Waals surface area contributed by atoms with E-state index in [-0.39, 0.29) is 17.5 Å². The first-order valence-electron chi connectivity index (χ1n) is 11.5. The van der Waals surface area contributed by atoms with Crippen LogP contribution in [0.2, 0.25) is 0 Å². The topological polar surface area (TPSA) is 72.1 Å². The first-order valence-corrected chi connectivity index (χ1v) is 11.5. The van der Waals surface area contributed by atoms with Gasteiger partial charge >= 0.3 is 6.03 Å². The molecule has 0 spiro atoms. The highest BCUT2D eigenvalue weighted by Gasteiger charge is 2.50. The minimum absolute atomic E-state index is 0.0583. The molecule has 1 saturated carbocycles. The van der Waals surface area contributed by atoms with Crippen molar-refractivity contribution in [2.45, 2.75) is 50.1 Å². The molecule has 1 aliphatic carbocycles. The first-order chi connectivity index (χ1) is 15.9. The maximum Gasteiger partial charge on any atom is 0.319 e. The number of fused-ring (bicyclic) bond motifs is 1. The lowest BCUT2D eigenvalue weighted by atomic mass is 9.65. The molecule has 0 radical (unpaired) electrons. The molecule has 2 aromatic rings. The Morgan fingerprint density at radius 3 is 2.45 bits per heavy atom. The van der Waals surface area contributed by atoms with Crippen molar-refractivity contribution >= 4 is 11.7 Å². The summed E-state index contributed by atoms with van der Waals surface area (Å²) in [4.78, 5) is 15.3. The number of nitrogens with one attached hydrogen (secondary N) is 2. The van der Waals surface area contributed by atoms with E-state index in [0.29, 0.717) is 17.5 Å². The van der Waals surface area contributed by atoms with Gasteiger partial charge in [-0.25, -0.2) is 4.79 Å². The van der Waals surface area contributed by atoms with Crippen LogP contribution in [0.15, 0.2) is 36.4 Å². The van der Waals surface area contributed by atoms with Crippen LogP contribution < -0.4 is 24.8 Å². The maximum atomic E-state index is 12.8. The van der Waals surface area contributed by atoms with Gasteiger partial charge in [0, 0.05) is 17.5 Å². The Bertz CT molecular complexity index is 1010. The number of anilines is 1. The first kappa shape index (κ1) is 23.2. The monoisotopic (exact) mass is 453 g/mol. The number of hydrogen-bond acceptors (Lipinski definition) is 5. The van der Waals surface area contributed by atoms with Crippen molar-refractivity contribution in [3.8, 4) is 17.2 Å². The number of nitrogens with zero attached hydrogens (tertiary/aromatic N) is 1. The standard InChI is InChI=1S/C26H35N3O4/c1-17-6-8-21(31-3)20(14-17)28-25(30)27-19-10-11-26(12-13-29(2)24(26)16-19)18-7-9-22(32-4)23(15-18)33-5/h6-9,14-15,19,24H,10-13,16H2,1-5H3,(H2,27,28,30)/t19-,24+,26+/m1/s1. The van der Waals surface area contributed by atoms with Crippen molar-refractivity contribution in [2.24, 2.45) is 0 Å². The summed E-state index contributed by atoms with van der Waals surface area (Å²) in [7, 11) is 7.14. The predicted molar refractivity (Wildman–Crippen MR) is 130 cm³/mol. The number of aryl methyl sites for hydroxylation is 1. The number of methoxy groups -OCH3 is 3. The Kier molecular flexibility index (Phi) is 6.70. The second kappa shape index (κ2) is 9.51. The molecule has 2 aliphatic rings. The Morgan fingerprint density at radius 1 is 1.00 bits per heavy atom. The normalized spacial score (nSPS) is 24.6. The van der Waals surface area contributed by atoms with Gasteiger partial charge in [-0.2, -0.15) is 0 Å². The summed E-state index contributed by atoms with van der Waals surface area (Å²) in [5.74, 6) is 2.17. The summed E-state index contributed by atoms with van der Waals surface area (Å²) < 4.78 is 16.4. The summed E-state index contributed by atoms with van der Waals surface area (Å²) in [6.07, 6.45) is 3.94. The number of benzene rings is 2. The van der Waals surface area contributed by atoms with Crippen molar-refractivity contribution in [1.82, 2.24) is 10.2 Å². The van der Waals surface area contributed by atoms with Crippen LogP contribution in [0.25, 0.3) is 0 Å². The molecule has 1 heterocycles. The van der Waals surface area contributed by atoms with Gasteiger partial charge in [-0.05, 0) is 81.6 Å². The fourth-order valence-corrected chi connectivity index (χ4v) is 5.66. The highest BCUT2D eigenvalue weighted by atomic mass is 16.5. The molecule has 0 aromatic heterocycles. The molecule has 2 aromatic carbocycles. The Labute approximate surface area is 196 Å². The number of urea groups is 1. The third kappa shape index (κ3) is 4.47. The van der Waals surface area contributed by atoms with Crippen LogP contribution in [0, 0.1) is 6.92 Å². The molecule has 2 amide bonds. The zero-order chi connectivity index (χ0) is 23.6. The molecule has 4 rings (SSSR count). The van der Waals surface area contributed by atoms with Gasteiger partial charge in [0.2, 0.25) is 0 Å². The molecule has 1 saturated heterocycles. The van der Waals surface area contributed by atoms with E-state index in [0.717, 1.165) is 49.3 Å². The maximum absolute atomic E-state index is 12.8. The molecule has 2 N–H and O–H groups in total. The number of amides is 2. The lowest BCUT2D eigenvalue weighted by Gasteiger charge is -2.45. The lowest BCUT2D eigenvalue weighted by molar-refractivity contribution is 0.156. The largest absolute Gasteiger partial charge is 0.495 e. The smallest absolute Gasteiger partial charge is 0.319 e. The zero-order valence-corrected chi connectivity index (χ0v) is 20.2. The van der Waals surface area contributed by atoms with Crippen LogP contribution in [0.4, 0.5) is 10.5 Å². The Balaban J connectivity index is 1.48. The molecule has 178 valence electrons. The van der Waals surface area contributed by atoms with Gasteiger partial charge in [0.15, 0.2) is 11.5 Å². The van der Waals surface area contributed by atoms with E-state index in [2.05, 4.69) is 34.7 Å². The fraction of sp³-hybridized carbons (Fsp3) is 0.500. The van der Waals surface area contributed by atoms with E-state index in [1.165, 1.54) is 5.56 Å². The average Bonchev–Trinajstić information content (AvgIpc) is 3.15. The number of ether oxygens (including phenoxy) is 3. The molecule has 3 atom stereocenters. The van der Waals surface area contributed by atoms with Gasteiger partial charge in [0.1, 0.15) is 5.75 Å². The predicted octanol–water partition coefficient (Wildman–Crippen LogP) is 4.34. The van der Waals surface area contributed by atoms with Gasteiger partial charge in [0.25, 0.3) is 0 Å². The van der Waals surface area contributed by atoms with Crippen LogP contribution in [0.5, 0.6) is 17.2 Å². The van der Waals surface area contributed by atoms with Gasteiger partial charge < -0.3 is 29.7 Å². The molecular formula is C26H35N3O4. The summed E-state index contributed by atoms with van der Waals surface area (Å²) in [6, 6.07) is 12.3. The van der Waals surface area contributed by atoms with Crippen molar-refractivity contribution < 1.29 is 19.0 Å².